The Balaban J connectivity index is 2.34. The molecule has 1 fully saturated rings. The first-order chi connectivity index (χ1) is 7.14. The Morgan fingerprint density at radius 3 is 2.60 bits per heavy atom. The summed E-state index contributed by atoms with van der Waals surface area (Å²) in [5, 5.41) is 11.8. The minimum atomic E-state index is -0.0620. The van der Waals surface area contributed by atoms with Gasteiger partial charge < -0.3 is 10.4 Å². The number of carbonyl (C=O) groups is 1. The highest BCUT2D eigenvalue weighted by Gasteiger charge is 2.42. The molecule has 0 aromatic rings. The van der Waals surface area contributed by atoms with Crippen molar-refractivity contribution in [2.45, 2.75) is 58.4 Å². The van der Waals surface area contributed by atoms with Crippen LogP contribution in [0.2, 0.25) is 0 Å². The van der Waals surface area contributed by atoms with E-state index in [2.05, 4.69) is 12.2 Å². The van der Waals surface area contributed by atoms with Crippen molar-refractivity contribution in [3.8, 4) is 0 Å². The van der Waals surface area contributed by atoms with Crippen molar-refractivity contribution in [3.05, 3.63) is 0 Å². The van der Waals surface area contributed by atoms with Crippen molar-refractivity contribution in [1.82, 2.24) is 5.32 Å². The number of hydrogen-bond acceptors (Lipinski definition) is 2. The first-order valence-electron chi connectivity index (χ1n) is 6.06. The second-order valence-electron chi connectivity index (χ2n) is 4.73. The van der Waals surface area contributed by atoms with Crippen LogP contribution in [0, 0.1) is 5.41 Å². The number of rotatable bonds is 6. The first kappa shape index (κ1) is 12.5. The predicted octanol–water partition coefficient (Wildman–Crippen LogP) is 1.84. The molecular formula is C12H23NO2. The van der Waals surface area contributed by atoms with E-state index in [1.807, 2.05) is 6.92 Å². The summed E-state index contributed by atoms with van der Waals surface area (Å²) in [5.74, 6) is 0.224. The maximum Gasteiger partial charge on any atom is 0.226 e. The van der Waals surface area contributed by atoms with Crippen molar-refractivity contribution in [1.29, 1.82) is 0 Å². The molecule has 2 N–H and O–H groups in total. The quantitative estimate of drug-likeness (QED) is 0.707. The van der Waals surface area contributed by atoms with Gasteiger partial charge in [0.15, 0.2) is 0 Å². The molecule has 0 radical (unpaired) electrons. The molecule has 1 amide bonds. The minimum absolute atomic E-state index is 0.0620. The van der Waals surface area contributed by atoms with Gasteiger partial charge in [-0.25, -0.2) is 0 Å². The molecule has 0 spiro atoms. The van der Waals surface area contributed by atoms with E-state index >= 15 is 0 Å². The normalized spacial score (nSPS) is 20.5. The van der Waals surface area contributed by atoms with Crippen molar-refractivity contribution in [3.63, 3.8) is 0 Å². The lowest BCUT2D eigenvalue weighted by atomic mass is 9.66. The van der Waals surface area contributed by atoms with Crippen LogP contribution in [-0.4, -0.2) is 23.7 Å². The summed E-state index contributed by atoms with van der Waals surface area (Å²) in [7, 11) is 0. The summed E-state index contributed by atoms with van der Waals surface area (Å²) in [4.78, 5) is 12.0. The lowest BCUT2D eigenvalue weighted by Crippen LogP contribution is -2.48. The van der Waals surface area contributed by atoms with Crippen LogP contribution in [0.15, 0.2) is 0 Å². The summed E-state index contributed by atoms with van der Waals surface area (Å²) in [6.07, 6.45) is 5.85. The van der Waals surface area contributed by atoms with Crippen LogP contribution in [0.4, 0.5) is 0 Å². The van der Waals surface area contributed by atoms with Gasteiger partial charge in [0.25, 0.3) is 0 Å². The van der Waals surface area contributed by atoms with Crippen LogP contribution in [0.25, 0.3) is 0 Å². The molecule has 1 unspecified atom stereocenters. The molecule has 1 saturated carbocycles. The van der Waals surface area contributed by atoms with Crippen LogP contribution < -0.4 is 5.32 Å². The van der Waals surface area contributed by atoms with Gasteiger partial charge in [-0.2, -0.15) is 0 Å². The topological polar surface area (TPSA) is 49.3 Å². The van der Waals surface area contributed by atoms with E-state index in [1.165, 1.54) is 6.42 Å². The third-order valence-electron chi connectivity index (χ3n) is 3.64. The van der Waals surface area contributed by atoms with Gasteiger partial charge in [0.2, 0.25) is 5.91 Å². The average molecular weight is 213 g/mol. The van der Waals surface area contributed by atoms with Gasteiger partial charge in [0, 0.05) is 18.1 Å². The lowest BCUT2D eigenvalue weighted by Gasteiger charge is -2.40. The van der Waals surface area contributed by atoms with E-state index in [9.17, 15) is 4.79 Å². The fourth-order valence-corrected chi connectivity index (χ4v) is 2.19. The number of aliphatic hydroxyl groups excluding tert-OH is 1. The zero-order valence-electron chi connectivity index (χ0n) is 9.88. The zero-order valence-corrected chi connectivity index (χ0v) is 9.88. The van der Waals surface area contributed by atoms with Gasteiger partial charge in [0.1, 0.15) is 0 Å². The molecule has 1 aliphatic rings. The highest BCUT2D eigenvalue weighted by atomic mass is 16.2. The Bertz CT molecular complexity index is 206. The van der Waals surface area contributed by atoms with Crippen molar-refractivity contribution in [2.24, 2.45) is 5.41 Å². The molecule has 1 atom stereocenters. The van der Waals surface area contributed by atoms with Crippen LogP contribution in [0.3, 0.4) is 0 Å². The lowest BCUT2D eigenvalue weighted by molar-refractivity contribution is -0.137. The molecule has 0 aromatic carbocycles. The van der Waals surface area contributed by atoms with Crippen LogP contribution >= 0.6 is 0 Å². The van der Waals surface area contributed by atoms with Crippen LogP contribution in [-0.2, 0) is 4.79 Å². The van der Waals surface area contributed by atoms with Gasteiger partial charge in [-0.3, -0.25) is 4.79 Å². The van der Waals surface area contributed by atoms with E-state index in [-0.39, 0.29) is 24.0 Å². The summed E-state index contributed by atoms with van der Waals surface area (Å²) >= 11 is 0. The zero-order chi connectivity index (χ0) is 11.3. The highest BCUT2D eigenvalue weighted by Crippen LogP contribution is 2.43. The minimum Gasteiger partial charge on any atom is -0.396 e. The maximum absolute atomic E-state index is 12.0. The Labute approximate surface area is 92.3 Å². The second kappa shape index (κ2) is 5.50. The molecule has 15 heavy (non-hydrogen) atoms. The Morgan fingerprint density at radius 2 is 2.20 bits per heavy atom. The van der Waals surface area contributed by atoms with E-state index in [4.69, 9.17) is 5.11 Å². The molecule has 0 aromatic heterocycles. The Kier molecular flexibility index (Phi) is 4.58. The van der Waals surface area contributed by atoms with Crippen molar-refractivity contribution >= 4 is 5.91 Å². The Morgan fingerprint density at radius 1 is 1.53 bits per heavy atom. The van der Waals surface area contributed by atoms with Crippen molar-refractivity contribution in [2.75, 3.05) is 6.61 Å². The van der Waals surface area contributed by atoms with E-state index in [0.717, 1.165) is 32.1 Å². The van der Waals surface area contributed by atoms with E-state index < -0.39 is 0 Å². The van der Waals surface area contributed by atoms with Gasteiger partial charge in [0.05, 0.1) is 0 Å². The largest absolute Gasteiger partial charge is 0.396 e. The van der Waals surface area contributed by atoms with E-state index in [1.54, 1.807) is 0 Å². The Hall–Kier alpha value is -0.570. The number of carbonyl (C=O) groups excluding carboxylic acids is 1. The number of nitrogens with one attached hydrogen (secondary N) is 1. The SMILES string of the molecule is CCC1(C(=O)NC(C)CCCO)CCC1. The molecule has 0 bridgehead atoms. The molecule has 88 valence electrons. The third kappa shape index (κ3) is 2.94. The number of hydrogen-bond donors (Lipinski definition) is 2. The second-order valence-corrected chi connectivity index (χ2v) is 4.73. The van der Waals surface area contributed by atoms with Gasteiger partial charge in [-0.15, -0.1) is 0 Å². The van der Waals surface area contributed by atoms with Crippen molar-refractivity contribution < 1.29 is 9.90 Å². The van der Waals surface area contributed by atoms with Gasteiger partial charge in [-0.1, -0.05) is 13.3 Å². The molecule has 0 heterocycles. The van der Waals surface area contributed by atoms with Crippen LogP contribution in [0.1, 0.15) is 52.4 Å². The summed E-state index contributed by atoms with van der Waals surface area (Å²) in [6.45, 7) is 4.31. The smallest absolute Gasteiger partial charge is 0.226 e. The van der Waals surface area contributed by atoms with Crippen LogP contribution in [0.5, 0.6) is 0 Å². The van der Waals surface area contributed by atoms with E-state index in [0.29, 0.717) is 0 Å². The molecule has 3 nitrogen and oxygen atoms in total. The van der Waals surface area contributed by atoms with Gasteiger partial charge in [-0.05, 0) is 39.0 Å². The number of aliphatic hydroxyl groups is 1. The maximum atomic E-state index is 12.0. The molecular weight excluding hydrogens is 190 g/mol. The summed E-state index contributed by atoms with van der Waals surface area (Å²) < 4.78 is 0. The molecule has 3 heteroatoms. The summed E-state index contributed by atoms with van der Waals surface area (Å²) in [6, 6.07) is 0.189. The average Bonchev–Trinajstić information content (AvgIpc) is 2.13. The molecule has 0 saturated heterocycles. The fraction of sp³-hybridized carbons (Fsp3) is 0.917. The molecule has 1 rings (SSSR count). The molecule has 1 aliphatic carbocycles. The summed E-state index contributed by atoms with van der Waals surface area (Å²) in [5.41, 5.74) is -0.0620. The first-order valence-corrected chi connectivity index (χ1v) is 6.06. The third-order valence-corrected chi connectivity index (χ3v) is 3.64. The highest BCUT2D eigenvalue weighted by molar-refractivity contribution is 5.83. The standard InChI is InChI=1S/C12H23NO2/c1-3-12(7-5-8-12)11(15)13-10(2)6-4-9-14/h10,14H,3-9H2,1-2H3,(H,13,15). The number of amides is 1. The van der Waals surface area contributed by atoms with Gasteiger partial charge >= 0.3 is 0 Å². The molecule has 0 aliphatic heterocycles. The monoisotopic (exact) mass is 213 g/mol. The fourth-order valence-electron chi connectivity index (χ4n) is 2.19. The predicted molar refractivity (Wildman–Crippen MR) is 60.5 cm³/mol.